The van der Waals surface area contributed by atoms with Crippen LogP contribution in [0.5, 0.6) is 0 Å². The van der Waals surface area contributed by atoms with Crippen molar-refractivity contribution in [3.8, 4) is 0 Å². The van der Waals surface area contributed by atoms with Crippen LogP contribution in [-0.2, 0) is 14.3 Å². The van der Waals surface area contributed by atoms with Crippen LogP contribution in [0.3, 0.4) is 0 Å². The number of halogens is 1. The summed E-state index contributed by atoms with van der Waals surface area (Å²) in [7, 11) is -3.71. The van der Waals surface area contributed by atoms with E-state index in [-0.39, 0.29) is 21.8 Å². The fourth-order valence-corrected chi connectivity index (χ4v) is 4.90. The lowest BCUT2D eigenvalue weighted by Crippen LogP contribution is -2.38. The zero-order valence-corrected chi connectivity index (χ0v) is 15.2. The Morgan fingerprint density at radius 2 is 1.73 bits per heavy atom. The molecule has 124 valence electrons. The lowest BCUT2D eigenvalue weighted by atomic mass is 9.71. The molecule has 2 rings (SSSR count). The second-order valence-corrected chi connectivity index (χ2v) is 9.42. The number of rotatable bonds is 3. The van der Waals surface area contributed by atoms with Crippen LogP contribution in [0.4, 0.5) is 0 Å². The highest BCUT2D eigenvalue weighted by Crippen LogP contribution is 2.41. The third kappa shape index (κ3) is 4.24. The Labute approximate surface area is 139 Å². The van der Waals surface area contributed by atoms with E-state index in [0.29, 0.717) is 12.3 Å². The van der Waals surface area contributed by atoms with E-state index in [2.05, 4.69) is 20.8 Å². The van der Waals surface area contributed by atoms with Gasteiger partial charge in [-0.25, -0.2) is 0 Å². The molecular weight excluding hydrogens is 320 g/mol. The van der Waals surface area contributed by atoms with Crippen LogP contribution in [0.25, 0.3) is 0 Å². The molecule has 3 nitrogen and oxygen atoms in total. The predicted octanol–water partition coefficient (Wildman–Crippen LogP) is 4.52. The first-order chi connectivity index (χ1) is 10.1. The summed E-state index contributed by atoms with van der Waals surface area (Å²) in [5, 5.41) is -0.0491. The summed E-state index contributed by atoms with van der Waals surface area (Å²) in [6, 6.07) is 6.72. The first-order valence-electron chi connectivity index (χ1n) is 7.73. The van der Waals surface area contributed by atoms with Crippen LogP contribution in [-0.4, -0.2) is 19.9 Å². The van der Waals surface area contributed by atoms with Gasteiger partial charge in [-0.3, -0.25) is 4.18 Å². The average molecular weight is 345 g/mol. The van der Waals surface area contributed by atoms with Crippen molar-refractivity contribution in [1.29, 1.82) is 0 Å². The summed E-state index contributed by atoms with van der Waals surface area (Å²) < 4.78 is 30.1. The molecule has 1 fully saturated rings. The van der Waals surface area contributed by atoms with Gasteiger partial charge in [0.1, 0.15) is 0 Å². The standard InChI is InChI=1S/C17H25ClO3S/c1-12-5-8-14(9-6-12)22(19,20)21-13-7-10-15(16(18)11-13)17(2,3)4/h5-6,8-9,13,15-16H,7,10-11H2,1-4H3/t13-,15+,16+/m0/s1. The first-order valence-corrected chi connectivity index (χ1v) is 9.58. The summed E-state index contributed by atoms with van der Waals surface area (Å²) >= 11 is 6.48. The molecule has 0 amide bonds. The van der Waals surface area contributed by atoms with Gasteiger partial charge in [-0.05, 0) is 49.7 Å². The highest BCUT2D eigenvalue weighted by molar-refractivity contribution is 7.86. The molecule has 1 aliphatic carbocycles. The lowest BCUT2D eigenvalue weighted by Gasteiger charge is -2.40. The molecular formula is C17H25ClO3S. The van der Waals surface area contributed by atoms with Crippen molar-refractivity contribution in [2.24, 2.45) is 11.3 Å². The van der Waals surface area contributed by atoms with Crippen LogP contribution in [0.15, 0.2) is 29.2 Å². The van der Waals surface area contributed by atoms with Gasteiger partial charge in [0.05, 0.1) is 11.0 Å². The second kappa shape index (κ2) is 6.50. The van der Waals surface area contributed by atoms with E-state index < -0.39 is 10.1 Å². The Balaban J connectivity index is 2.04. The van der Waals surface area contributed by atoms with Gasteiger partial charge < -0.3 is 0 Å². The predicted molar refractivity (Wildman–Crippen MR) is 89.7 cm³/mol. The molecule has 3 atom stereocenters. The minimum atomic E-state index is -3.71. The molecule has 22 heavy (non-hydrogen) atoms. The Bertz CT molecular complexity index is 602. The maximum Gasteiger partial charge on any atom is 0.297 e. The molecule has 0 bridgehead atoms. The normalized spacial score (nSPS) is 26.9. The van der Waals surface area contributed by atoms with Gasteiger partial charge in [0.2, 0.25) is 0 Å². The quantitative estimate of drug-likeness (QED) is 0.598. The SMILES string of the molecule is Cc1ccc(S(=O)(=O)O[C@H]2CC[C@@H](C(C)(C)C)[C@H](Cl)C2)cc1. The van der Waals surface area contributed by atoms with Crippen molar-refractivity contribution in [3.63, 3.8) is 0 Å². The Morgan fingerprint density at radius 3 is 2.23 bits per heavy atom. The van der Waals surface area contributed by atoms with Gasteiger partial charge in [0.15, 0.2) is 0 Å². The van der Waals surface area contributed by atoms with Crippen LogP contribution < -0.4 is 0 Å². The number of aryl methyl sites for hydroxylation is 1. The maximum atomic E-state index is 12.3. The monoisotopic (exact) mass is 344 g/mol. The van der Waals surface area contributed by atoms with Crippen molar-refractivity contribution in [3.05, 3.63) is 29.8 Å². The largest absolute Gasteiger partial charge is 0.297 e. The molecule has 0 spiro atoms. The third-order valence-corrected chi connectivity index (χ3v) is 6.27. The summed E-state index contributed by atoms with van der Waals surface area (Å²) in [4.78, 5) is 0.210. The summed E-state index contributed by atoms with van der Waals surface area (Å²) in [6.45, 7) is 8.45. The summed E-state index contributed by atoms with van der Waals surface area (Å²) in [6.07, 6.45) is 1.88. The van der Waals surface area contributed by atoms with E-state index >= 15 is 0 Å². The molecule has 0 unspecified atom stereocenters. The van der Waals surface area contributed by atoms with Gasteiger partial charge in [-0.2, -0.15) is 8.42 Å². The van der Waals surface area contributed by atoms with Crippen molar-refractivity contribution in [2.75, 3.05) is 0 Å². The fourth-order valence-electron chi connectivity index (χ4n) is 3.08. The molecule has 0 radical (unpaired) electrons. The third-order valence-electron chi connectivity index (χ3n) is 4.41. The number of hydrogen-bond donors (Lipinski definition) is 0. The molecule has 1 aromatic rings. The summed E-state index contributed by atoms with van der Waals surface area (Å²) in [5.41, 5.74) is 1.15. The van der Waals surface area contributed by atoms with Gasteiger partial charge in [-0.15, -0.1) is 11.6 Å². The van der Waals surface area contributed by atoms with Gasteiger partial charge >= 0.3 is 0 Å². The molecule has 0 aromatic heterocycles. The minimum Gasteiger partial charge on any atom is -0.263 e. The number of alkyl halides is 1. The van der Waals surface area contributed by atoms with Crippen LogP contribution >= 0.6 is 11.6 Å². The van der Waals surface area contributed by atoms with Crippen LogP contribution in [0, 0.1) is 18.3 Å². The zero-order valence-electron chi connectivity index (χ0n) is 13.7. The molecule has 0 heterocycles. The first kappa shape index (κ1) is 17.8. The Morgan fingerprint density at radius 1 is 1.14 bits per heavy atom. The van der Waals surface area contributed by atoms with E-state index in [0.717, 1.165) is 18.4 Å². The Kier molecular flexibility index (Phi) is 5.25. The van der Waals surface area contributed by atoms with Crippen molar-refractivity contribution in [2.45, 2.75) is 63.3 Å². The minimum absolute atomic E-state index is 0.0491. The molecule has 1 saturated carbocycles. The van der Waals surface area contributed by atoms with E-state index in [9.17, 15) is 8.42 Å². The van der Waals surface area contributed by atoms with Gasteiger partial charge in [0.25, 0.3) is 10.1 Å². The van der Waals surface area contributed by atoms with Crippen molar-refractivity contribution < 1.29 is 12.6 Å². The van der Waals surface area contributed by atoms with Crippen LogP contribution in [0.1, 0.15) is 45.6 Å². The van der Waals surface area contributed by atoms with E-state index in [1.807, 2.05) is 6.92 Å². The molecule has 5 heteroatoms. The average Bonchev–Trinajstić information content (AvgIpc) is 2.37. The Hall–Kier alpha value is -0.580. The number of hydrogen-bond acceptors (Lipinski definition) is 3. The van der Waals surface area contributed by atoms with Gasteiger partial charge in [0, 0.05) is 5.38 Å². The molecule has 0 N–H and O–H groups in total. The lowest BCUT2D eigenvalue weighted by molar-refractivity contribution is 0.0962. The molecule has 0 aliphatic heterocycles. The van der Waals surface area contributed by atoms with Gasteiger partial charge in [-0.1, -0.05) is 38.5 Å². The smallest absolute Gasteiger partial charge is 0.263 e. The second-order valence-electron chi connectivity index (χ2n) is 7.29. The molecule has 1 aliphatic rings. The zero-order chi connectivity index (χ0) is 16.5. The van der Waals surface area contributed by atoms with Crippen molar-refractivity contribution in [1.82, 2.24) is 0 Å². The highest BCUT2D eigenvalue weighted by Gasteiger charge is 2.38. The molecule has 0 saturated heterocycles. The summed E-state index contributed by atoms with van der Waals surface area (Å²) in [5.74, 6) is 0.385. The number of benzene rings is 1. The van der Waals surface area contributed by atoms with Crippen molar-refractivity contribution >= 4 is 21.7 Å². The maximum absolute atomic E-state index is 12.3. The van der Waals surface area contributed by atoms with E-state index in [4.69, 9.17) is 15.8 Å². The van der Waals surface area contributed by atoms with Crippen LogP contribution in [0.2, 0.25) is 0 Å². The topological polar surface area (TPSA) is 43.4 Å². The fraction of sp³-hybridized carbons (Fsp3) is 0.647. The highest BCUT2D eigenvalue weighted by atomic mass is 35.5. The van der Waals surface area contributed by atoms with E-state index in [1.54, 1.807) is 24.3 Å². The molecule has 1 aromatic carbocycles. The van der Waals surface area contributed by atoms with E-state index in [1.165, 1.54) is 0 Å².